The van der Waals surface area contributed by atoms with Gasteiger partial charge in [0.1, 0.15) is 19.0 Å². The monoisotopic (exact) mass is 438 g/mol. The lowest BCUT2D eigenvalue weighted by Gasteiger charge is -2.25. The van der Waals surface area contributed by atoms with Gasteiger partial charge in [-0.2, -0.15) is 0 Å². The predicted molar refractivity (Wildman–Crippen MR) is 134 cm³/mol. The molecule has 1 aliphatic heterocycles. The van der Waals surface area contributed by atoms with Crippen LogP contribution < -0.4 is 9.47 Å². The largest absolute Gasteiger partial charge is 0.485 e. The Hall–Kier alpha value is -3.53. The maximum atomic E-state index is 6.26. The molecule has 33 heavy (non-hydrogen) atoms. The molecule has 4 aromatic rings. The fourth-order valence-electron chi connectivity index (χ4n) is 4.89. The fraction of sp³-hybridized carbons (Fsp3) is 0.276. The summed E-state index contributed by atoms with van der Waals surface area (Å²) in [5.41, 5.74) is 11.4. The third-order valence-corrected chi connectivity index (χ3v) is 6.62. The lowest BCUT2D eigenvalue weighted by molar-refractivity contribution is 0.173. The van der Waals surface area contributed by atoms with E-state index in [4.69, 9.17) is 14.5 Å². The molecule has 5 rings (SSSR count). The Morgan fingerprint density at radius 3 is 2.03 bits per heavy atom. The molecule has 2 heterocycles. The highest BCUT2D eigenvalue weighted by atomic mass is 16.6. The van der Waals surface area contributed by atoms with Crippen molar-refractivity contribution in [2.45, 2.75) is 41.5 Å². The van der Waals surface area contributed by atoms with Gasteiger partial charge in [-0.25, -0.2) is 4.98 Å². The van der Waals surface area contributed by atoms with Crippen molar-refractivity contribution in [3.05, 3.63) is 82.2 Å². The Bertz CT molecular complexity index is 1360. The van der Waals surface area contributed by atoms with Gasteiger partial charge < -0.3 is 9.47 Å². The van der Waals surface area contributed by atoms with Crippen LogP contribution in [-0.4, -0.2) is 22.8 Å². The van der Waals surface area contributed by atoms with Crippen LogP contribution in [-0.2, 0) is 0 Å². The van der Waals surface area contributed by atoms with E-state index in [-0.39, 0.29) is 0 Å². The smallest absolute Gasteiger partial charge is 0.172 e. The average molecular weight is 439 g/mol. The SMILES string of the molecule is Cc1ccc(-n2c(-c3ccc(-c4c(C)cccc4C)c4c3OCCO4)nc(C)c2C)c(C)c1. The van der Waals surface area contributed by atoms with E-state index in [9.17, 15) is 0 Å². The summed E-state index contributed by atoms with van der Waals surface area (Å²) in [4.78, 5) is 4.99. The molecule has 3 aromatic carbocycles. The van der Waals surface area contributed by atoms with E-state index in [2.05, 4.69) is 94.6 Å². The van der Waals surface area contributed by atoms with Gasteiger partial charge in [0.05, 0.1) is 16.9 Å². The van der Waals surface area contributed by atoms with Crippen LogP contribution in [0.5, 0.6) is 11.5 Å². The van der Waals surface area contributed by atoms with Crippen molar-refractivity contribution in [1.82, 2.24) is 9.55 Å². The number of aryl methyl sites for hydroxylation is 5. The van der Waals surface area contributed by atoms with Crippen LogP contribution in [0.15, 0.2) is 48.5 Å². The summed E-state index contributed by atoms with van der Waals surface area (Å²) in [6.07, 6.45) is 0. The highest BCUT2D eigenvalue weighted by Crippen LogP contribution is 2.48. The van der Waals surface area contributed by atoms with E-state index in [1.807, 2.05) is 0 Å². The molecule has 0 aliphatic carbocycles. The van der Waals surface area contributed by atoms with Gasteiger partial charge in [-0.15, -0.1) is 0 Å². The molecule has 1 aromatic heterocycles. The normalized spacial score (nSPS) is 12.8. The first-order valence-corrected chi connectivity index (χ1v) is 11.5. The molecular formula is C29H30N2O2. The van der Waals surface area contributed by atoms with E-state index in [0.29, 0.717) is 13.2 Å². The Kier molecular flexibility index (Phi) is 5.24. The summed E-state index contributed by atoms with van der Waals surface area (Å²) in [5, 5.41) is 0. The molecule has 0 unspecified atom stereocenters. The molecule has 4 heteroatoms. The van der Waals surface area contributed by atoms with Crippen LogP contribution >= 0.6 is 0 Å². The summed E-state index contributed by atoms with van der Waals surface area (Å²) in [6.45, 7) is 13.8. The number of ether oxygens (including phenoxy) is 2. The topological polar surface area (TPSA) is 36.3 Å². The number of fused-ring (bicyclic) bond motifs is 1. The maximum Gasteiger partial charge on any atom is 0.172 e. The van der Waals surface area contributed by atoms with E-state index < -0.39 is 0 Å². The lowest BCUT2D eigenvalue weighted by atomic mass is 9.93. The number of imidazole rings is 1. The highest BCUT2D eigenvalue weighted by molar-refractivity contribution is 5.84. The van der Waals surface area contributed by atoms with Gasteiger partial charge in [-0.3, -0.25) is 4.57 Å². The second-order valence-electron chi connectivity index (χ2n) is 9.01. The molecule has 0 amide bonds. The van der Waals surface area contributed by atoms with Crippen LogP contribution in [0.25, 0.3) is 28.2 Å². The predicted octanol–water partition coefficient (Wildman–Crippen LogP) is 6.83. The molecule has 168 valence electrons. The van der Waals surface area contributed by atoms with Gasteiger partial charge in [0.15, 0.2) is 11.5 Å². The summed E-state index contributed by atoms with van der Waals surface area (Å²) >= 11 is 0. The van der Waals surface area contributed by atoms with Gasteiger partial charge in [-0.05, 0) is 82.0 Å². The Morgan fingerprint density at radius 1 is 0.727 bits per heavy atom. The minimum Gasteiger partial charge on any atom is -0.485 e. The zero-order valence-corrected chi connectivity index (χ0v) is 20.2. The first-order chi connectivity index (χ1) is 15.9. The molecular weight excluding hydrogens is 408 g/mol. The third kappa shape index (κ3) is 3.50. The van der Waals surface area contributed by atoms with Gasteiger partial charge in [-0.1, -0.05) is 35.9 Å². The molecule has 0 saturated carbocycles. The molecule has 1 aliphatic rings. The van der Waals surface area contributed by atoms with Gasteiger partial charge in [0, 0.05) is 11.3 Å². The van der Waals surface area contributed by atoms with Crippen LogP contribution in [0, 0.1) is 41.5 Å². The number of hydrogen-bond donors (Lipinski definition) is 0. The van der Waals surface area contributed by atoms with Gasteiger partial charge in [0.2, 0.25) is 0 Å². The molecule has 0 N–H and O–H groups in total. The summed E-state index contributed by atoms with van der Waals surface area (Å²) < 4.78 is 14.7. The van der Waals surface area contributed by atoms with E-state index in [1.54, 1.807) is 0 Å². The zero-order chi connectivity index (χ0) is 23.3. The summed E-state index contributed by atoms with van der Waals surface area (Å²) in [7, 11) is 0. The Balaban J connectivity index is 1.77. The quantitative estimate of drug-likeness (QED) is 0.352. The number of rotatable bonds is 3. The number of nitrogens with zero attached hydrogens (tertiary/aromatic N) is 2. The van der Waals surface area contributed by atoms with Crippen LogP contribution in [0.3, 0.4) is 0 Å². The molecule has 0 saturated heterocycles. The standard InChI is InChI=1S/C29H30N2O2/c1-17-10-13-25(20(4)16-17)31-22(6)21(5)30-29(31)24-12-11-23(27-28(24)33-15-14-32-27)26-18(2)8-7-9-19(26)3/h7-13,16H,14-15H2,1-6H3. The van der Waals surface area contributed by atoms with Crippen molar-refractivity contribution in [1.29, 1.82) is 0 Å². The maximum absolute atomic E-state index is 6.26. The Labute approximate surface area is 195 Å². The van der Waals surface area contributed by atoms with E-state index in [0.717, 1.165) is 45.5 Å². The van der Waals surface area contributed by atoms with Crippen molar-refractivity contribution in [3.63, 3.8) is 0 Å². The van der Waals surface area contributed by atoms with Crippen molar-refractivity contribution in [2.24, 2.45) is 0 Å². The highest BCUT2D eigenvalue weighted by Gasteiger charge is 2.27. The molecule has 0 spiro atoms. The number of aromatic nitrogens is 2. The van der Waals surface area contributed by atoms with Gasteiger partial charge >= 0.3 is 0 Å². The number of hydrogen-bond acceptors (Lipinski definition) is 3. The van der Waals surface area contributed by atoms with Crippen molar-refractivity contribution >= 4 is 0 Å². The fourth-order valence-corrected chi connectivity index (χ4v) is 4.89. The summed E-state index contributed by atoms with van der Waals surface area (Å²) in [6, 6.07) is 17.2. The van der Waals surface area contributed by atoms with Crippen LogP contribution in [0.2, 0.25) is 0 Å². The molecule has 0 bridgehead atoms. The van der Waals surface area contributed by atoms with Crippen LogP contribution in [0.4, 0.5) is 0 Å². The lowest BCUT2D eigenvalue weighted by Crippen LogP contribution is -2.17. The minimum absolute atomic E-state index is 0.526. The molecule has 0 fully saturated rings. The summed E-state index contributed by atoms with van der Waals surface area (Å²) in [5.74, 6) is 2.46. The van der Waals surface area contributed by atoms with E-state index in [1.165, 1.54) is 27.8 Å². The zero-order valence-electron chi connectivity index (χ0n) is 20.2. The van der Waals surface area contributed by atoms with E-state index >= 15 is 0 Å². The first-order valence-electron chi connectivity index (χ1n) is 11.5. The van der Waals surface area contributed by atoms with Crippen molar-refractivity contribution < 1.29 is 9.47 Å². The Morgan fingerprint density at radius 2 is 1.36 bits per heavy atom. The molecule has 4 nitrogen and oxygen atoms in total. The first kappa shape index (κ1) is 21.3. The van der Waals surface area contributed by atoms with Crippen LogP contribution in [0.1, 0.15) is 33.6 Å². The second-order valence-corrected chi connectivity index (χ2v) is 9.01. The number of benzene rings is 3. The van der Waals surface area contributed by atoms with Gasteiger partial charge in [0.25, 0.3) is 0 Å². The van der Waals surface area contributed by atoms with Crippen molar-refractivity contribution in [3.8, 4) is 39.7 Å². The molecule has 0 atom stereocenters. The average Bonchev–Trinajstić information content (AvgIpc) is 3.08. The minimum atomic E-state index is 0.526. The second kappa shape index (κ2) is 8.11. The molecule has 0 radical (unpaired) electrons. The van der Waals surface area contributed by atoms with Crippen molar-refractivity contribution in [2.75, 3.05) is 13.2 Å². The third-order valence-electron chi connectivity index (χ3n) is 6.62.